The first kappa shape index (κ1) is 19.4. The molecule has 3 aromatic rings. The monoisotopic (exact) mass is 448 g/mol. The van der Waals surface area contributed by atoms with E-state index in [0.717, 1.165) is 28.8 Å². The highest BCUT2D eigenvalue weighted by atomic mass is 35.5. The molecule has 0 fully saturated rings. The van der Waals surface area contributed by atoms with Gasteiger partial charge >= 0.3 is 0 Å². The first-order chi connectivity index (χ1) is 15.4. The van der Waals surface area contributed by atoms with Crippen molar-refractivity contribution in [2.45, 2.75) is 32.7 Å². The summed E-state index contributed by atoms with van der Waals surface area (Å²) in [5.74, 6) is 2.64. The van der Waals surface area contributed by atoms with Gasteiger partial charge in [0.1, 0.15) is 6.04 Å². The van der Waals surface area contributed by atoms with Crippen molar-refractivity contribution in [1.82, 2.24) is 14.8 Å². The molecule has 8 heteroatoms. The van der Waals surface area contributed by atoms with Crippen molar-refractivity contribution in [2.24, 2.45) is 5.41 Å². The van der Waals surface area contributed by atoms with E-state index in [9.17, 15) is 4.79 Å². The fourth-order valence-corrected chi connectivity index (χ4v) is 4.94. The summed E-state index contributed by atoms with van der Waals surface area (Å²) in [6, 6.07) is 12.8. The maximum Gasteiger partial charge on any atom is 0.231 e. The normalized spacial score (nSPS) is 20.6. The number of hydrogen-bond donors (Lipinski definition) is 1. The summed E-state index contributed by atoms with van der Waals surface area (Å²) in [5.41, 5.74) is 3.24. The van der Waals surface area contributed by atoms with Crippen LogP contribution in [0.15, 0.2) is 53.7 Å². The Labute approximate surface area is 190 Å². The largest absolute Gasteiger partial charge is 0.454 e. The zero-order chi connectivity index (χ0) is 22.0. The summed E-state index contributed by atoms with van der Waals surface area (Å²) >= 11 is 6.19. The number of ether oxygens (including phenoxy) is 2. The molecule has 3 aliphatic rings. The molecule has 0 radical (unpaired) electrons. The maximum atomic E-state index is 13.4. The molecule has 6 rings (SSSR count). The van der Waals surface area contributed by atoms with E-state index in [4.69, 9.17) is 31.2 Å². The van der Waals surface area contributed by atoms with Crippen LogP contribution in [0.25, 0.3) is 11.4 Å². The van der Waals surface area contributed by atoms with Gasteiger partial charge in [-0.2, -0.15) is 4.98 Å². The molecule has 0 spiro atoms. The Hall–Kier alpha value is -3.32. The van der Waals surface area contributed by atoms with Gasteiger partial charge in [0.25, 0.3) is 0 Å². The SMILES string of the molecule is CC1(C)CC(=O)C2=C(C1)Nc1nc(-c3cccc(Cl)c3)nn1[C@H]2c1ccc2c(c1)OCO2. The fourth-order valence-electron chi connectivity index (χ4n) is 4.75. The Morgan fingerprint density at radius 3 is 2.81 bits per heavy atom. The van der Waals surface area contributed by atoms with Gasteiger partial charge in [0.15, 0.2) is 23.1 Å². The summed E-state index contributed by atoms with van der Waals surface area (Å²) < 4.78 is 12.9. The number of rotatable bonds is 2. The highest BCUT2D eigenvalue weighted by Crippen LogP contribution is 2.47. The second-order valence-corrected chi connectivity index (χ2v) is 9.62. The Morgan fingerprint density at radius 2 is 1.97 bits per heavy atom. The number of anilines is 1. The standard InChI is InChI=1S/C24H21ClN4O3/c1-24(2)10-16-20(17(30)11-24)21(13-6-7-18-19(9-13)32-12-31-18)29-23(26-16)27-22(28-29)14-4-3-5-15(25)8-14/h3-9,21H,10-12H2,1-2H3,(H,26,27,28)/t21-/m0/s1. The Bertz CT molecular complexity index is 1310. The van der Waals surface area contributed by atoms with Gasteiger partial charge in [0, 0.05) is 28.3 Å². The van der Waals surface area contributed by atoms with E-state index in [1.165, 1.54) is 0 Å². The molecular weight excluding hydrogens is 428 g/mol. The zero-order valence-corrected chi connectivity index (χ0v) is 18.4. The molecular formula is C24H21ClN4O3. The van der Waals surface area contributed by atoms with Crippen LogP contribution in [0.4, 0.5) is 5.95 Å². The number of aromatic nitrogens is 3. The van der Waals surface area contributed by atoms with Crippen LogP contribution in [0.5, 0.6) is 11.5 Å². The van der Waals surface area contributed by atoms with E-state index in [1.807, 2.05) is 42.5 Å². The summed E-state index contributed by atoms with van der Waals surface area (Å²) in [4.78, 5) is 18.1. The van der Waals surface area contributed by atoms with E-state index in [2.05, 4.69) is 19.2 Å². The van der Waals surface area contributed by atoms with Crippen molar-refractivity contribution in [3.63, 3.8) is 0 Å². The van der Waals surface area contributed by atoms with E-state index in [0.29, 0.717) is 34.7 Å². The molecule has 1 atom stereocenters. The van der Waals surface area contributed by atoms with Crippen LogP contribution < -0.4 is 14.8 Å². The molecule has 1 aliphatic carbocycles. The van der Waals surface area contributed by atoms with E-state index < -0.39 is 6.04 Å². The third-order valence-electron chi connectivity index (χ3n) is 6.13. The first-order valence-electron chi connectivity index (χ1n) is 10.5. The van der Waals surface area contributed by atoms with Gasteiger partial charge in [-0.3, -0.25) is 4.79 Å². The fraction of sp³-hybridized carbons (Fsp3) is 0.292. The maximum absolute atomic E-state index is 13.4. The lowest BCUT2D eigenvalue weighted by Crippen LogP contribution is -2.36. The molecule has 3 heterocycles. The summed E-state index contributed by atoms with van der Waals surface area (Å²) in [6.07, 6.45) is 1.24. The van der Waals surface area contributed by atoms with E-state index in [-0.39, 0.29) is 18.0 Å². The Morgan fingerprint density at radius 1 is 1.12 bits per heavy atom. The molecule has 0 unspecified atom stereocenters. The van der Waals surface area contributed by atoms with E-state index >= 15 is 0 Å². The molecule has 2 aromatic carbocycles. The third kappa shape index (κ3) is 3.07. The minimum Gasteiger partial charge on any atom is -0.454 e. The van der Waals surface area contributed by atoms with Crippen LogP contribution in [-0.2, 0) is 4.79 Å². The predicted molar refractivity (Wildman–Crippen MR) is 120 cm³/mol. The van der Waals surface area contributed by atoms with Gasteiger partial charge < -0.3 is 14.8 Å². The molecule has 2 aliphatic heterocycles. The molecule has 162 valence electrons. The minimum absolute atomic E-state index is 0.122. The number of hydrogen-bond acceptors (Lipinski definition) is 6. The summed E-state index contributed by atoms with van der Waals surface area (Å²) in [6.45, 7) is 4.42. The third-order valence-corrected chi connectivity index (χ3v) is 6.36. The number of allylic oxidation sites excluding steroid dienone is 2. The molecule has 0 bridgehead atoms. The van der Waals surface area contributed by atoms with Gasteiger partial charge in [-0.25, -0.2) is 4.68 Å². The Kier molecular flexibility index (Phi) is 4.14. The molecule has 0 saturated heterocycles. The average Bonchev–Trinajstić information content (AvgIpc) is 3.37. The lowest BCUT2D eigenvalue weighted by molar-refractivity contribution is -0.118. The van der Waals surface area contributed by atoms with Crippen molar-refractivity contribution in [2.75, 3.05) is 12.1 Å². The summed E-state index contributed by atoms with van der Waals surface area (Å²) in [7, 11) is 0. The van der Waals surface area contributed by atoms with Gasteiger partial charge in [-0.15, -0.1) is 5.10 Å². The number of nitrogens with zero attached hydrogens (tertiary/aromatic N) is 3. The van der Waals surface area contributed by atoms with Gasteiger partial charge in [-0.05, 0) is 41.7 Å². The quantitative estimate of drug-likeness (QED) is 0.595. The van der Waals surface area contributed by atoms with Crippen LogP contribution >= 0.6 is 11.6 Å². The molecule has 1 aromatic heterocycles. The Balaban J connectivity index is 1.53. The number of carbonyl (C=O) groups excluding carboxylic acids is 1. The second-order valence-electron chi connectivity index (χ2n) is 9.19. The lowest BCUT2D eigenvalue weighted by Gasteiger charge is -2.38. The molecule has 0 saturated carbocycles. The average molecular weight is 449 g/mol. The number of nitrogens with one attached hydrogen (secondary N) is 1. The van der Waals surface area contributed by atoms with Gasteiger partial charge in [0.2, 0.25) is 12.7 Å². The topological polar surface area (TPSA) is 78.3 Å². The number of Topliss-reactive ketones (excluding diaryl/α,β-unsaturated/α-hetero) is 1. The van der Waals surface area contributed by atoms with Gasteiger partial charge in [-0.1, -0.05) is 43.6 Å². The number of fused-ring (bicyclic) bond motifs is 2. The number of benzene rings is 2. The van der Waals surface area contributed by atoms with Crippen molar-refractivity contribution < 1.29 is 14.3 Å². The molecule has 32 heavy (non-hydrogen) atoms. The zero-order valence-electron chi connectivity index (χ0n) is 17.7. The van der Waals surface area contributed by atoms with Crippen molar-refractivity contribution in [3.8, 4) is 22.9 Å². The van der Waals surface area contributed by atoms with Gasteiger partial charge in [0.05, 0.1) is 0 Å². The second kappa shape index (κ2) is 6.84. The first-order valence-corrected chi connectivity index (χ1v) is 10.9. The van der Waals surface area contributed by atoms with Crippen molar-refractivity contribution in [1.29, 1.82) is 0 Å². The van der Waals surface area contributed by atoms with E-state index in [1.54, 1.807) is 4.68 Å². The number of halogens is 1. The van der Waals surface area contributed by atoms with Crippen LogP contribution in [0.2, 0.25) is 5.02 Å². The number of carbonyl (C=O) groups is 1. The van der Waals surface area contributed by atoms with Crippen LogP contribution in [0.1, 0.15) is 38.3 Å². The minimum atomic E-state index is -0.403. The smallest absolute Gasteiger partial charge is 0.231 e. The number of ketones is 1. The highest BCUT2D eigenvalue weighted by molar-refractivity contribution is 6.30. The highest BCUT2D eigenvalue weighted by Gasteiger charge is 2.42. The van der Waals surface area contributed by atoms with Crippen LogP contribution in [0.3, 0.4) is 0 Å². The molecule has 0 amide bonds. The predicted octanol–water partition coefficient (Wildman–Crippen LogP) is 4.99. The molecule has 7 nitrogen and oxygen atoms in total. The summed E-state index contributed by atoms with van der Waals surface area (Å²) in [5, 5.41) is 8.82. The molecule has 1 N–H and O–H groups in total. The lowest BCUT2D eigenvalue weighted by atomic mass is 9.73. The van der Waals surface area contributed by atoms with Crippen molar-refractivity contribution in [3.05, 3.63) is 64.3 Å². The van der Waals surface area contributed by atoms with Crippen LogP contribution in [-0.4, -0.2) is 27.3 Å². The van der Waals surface area contributed by atoms with Crippen LogP contribution in [0, 0.1) is 5.41 Å². The van der Waals surface area contributed by atoms with Crippen molar-refractivity contribution >= 4 is 23.3 Å².